The molecule has 1 aromatic heterocycles. The van der Waals surface area contributed by atoms with Crippen molar-refractivity contribution in [1.82, 2.24) is 14.4 Å². The maximum absolute atomic E-state index is 13.5. The second kappa shape index (κ2) is 8.44. The van der Waals surface area contributed by atoms with Gasteiger partial charge in [-0.25, -0.2) is 12.7 Å². The molecule has 1 aromatic carbocycles. The van der Waals surface area contributed by atoms with Gasteiger partial charge in [-0.3, -0.25) is 14.7 Å². The maximum atomic E-state index is 13.5. The Balaban J connectivity index is 1.58. The van der Waals surface area contributed by atoms with Crippen molar-refractivity contribution in [3.8, 4) is 0 Å². The molecule has 2 aliphatic heterocycles. The lowest BCUT2D eigenvalue weighted by Gasteiger charge is -2.30. The molecule has 2 saturated heterocycles. The number of sulfonamides is 1. The van der Waals surface area contributed by atoms with Crippen LogP contribution >= 0.6 is 0 Å². The van der Waals surface area contributed by atoms with E-state index in [1.165, 1.54) is 0 Å². The van der Waals surface area contributed by atoms with Crippen molar-refractivity contribution in [3.63, 3.8) is 0 Å². The first-order valence-corrected chi connectivity index (χ1v) is 12.4. The Morgan fingerprint density at radius 3 is 2.38 bits per heavy atom. The average molecular weight is 459 g/mol. The minimum atomic E-state index is -3.91. The quantitative estimate of drug-likeness (QED) is 0.699. The van der Waals surface area contributed by atoms with E-state index in [1.807, 2.05) is 19.1 Å². The highest BCUT2D eigenvalue weighted by Gasteiger charge is 2.54. The monoisotopic (exact) mass is 458 g/mol. The average Bonchev–Trinajstić information content (AvgIpc) is 3.21. The number of carbonyl (C=O) groups excluding carboxylic acids is 1. The molecule has 8 nitrogen and oxygen atoms in total. The molecule has 0 spiro atoms. The van der Waals surface area contributed by atoms with Crippen LogP contribution in [0.25, 0.3) is 0 Å². The van der Waals surface area contributed by atoms with Gasteiger partial charge in [-0.1, -0.05) is 35.5 Å². The largest absolute Gasteiger partial charge is 0.361 e. The van der Waals surface area contributed by atoms with Gasteiger partial charge in [0.1, 0.15) is 11.5 Å². The van der Waals surface area contributed by atoms with Crippen molar-refractivity contribution in [2.75, 3.05) is 13.1 Å². The summed E-state index contributed by atoms with van der Waals surface area (Å²) in [6.45, 7) is 9.38. The molecule has 0 bridgehead atoms. The first-order chi connectivity index (χ1) is 15.1. The van der Waals surface area contributed by atoms with E-state index >= 15 is 0 Å². The van der Waals surface area contributed by atoms with Crippen molar-refractivity contribution in [2.24, 2.45) is 4.99 Å². The third kappa shape index (κ3) is 4.36. The summed E-state index contributed by atoms with van der Waals surface area (Å²) in [6, 6.07) is 10.7. The molecule has 32 heavy (non-hydrogen) atoms. The smallest absolute Gasteiger partial charge is 0.283 e. The molecule has 172 valence electrons. The third-order valence-electron chi connectivity index (χ3n) is 5.86. The van der Waals surface area contributed by atoms with Crippen molar-refractivity contribution >= 4 is 21.6 Å². The Morgan fingerprint density at radius 1 is 1.16 bits per heavy atom. The van der Waals surface area contributed by atoms with Gasteiger partial charge >= 0.3 is 0 Å². The maximum Gasteiger partial charge on any atom is 0.283 e. The summed E-state index contributed by atoms with van der Waals surface area (Å²) >= 11 is 0. The van der Waals surface area contributed by atoms with Crippen molar-refractivity contribution in [3.05, 3.63) is 53.4 Å². The lowest BCUT2D eigenvalue weighted by atomic mass is 10.0. The van der Waals surface area contributed by atoms with E-state index in [0.717, 1.165) is 41.7 Å². The summed E-state index contributed by atoms with van der Waals surface area (Å²) in [5, 5.41) is 2.99. The van der Waals surface area contributed by atoms with Crippen LogP contribution in [-0.4, -0.2) is 59.1 Å². The van der Waals surface area contributed by atoms with Crippen LogP contribution in [0.15, 0.2) is 45.9 Å². The molecule has 0 aliphatic carbocycles. The van der Waals surface area contributed by atoms with Gasteiger partial charge in [0.25, 0.3) is 15.9 Å². The minimum absolute atomic E-state index is 0.0921. The van der Waals surface area contributed by atoms with Gasteiger partial charge in [0, 0.05) is 25.7 Å². The topological polar surface area (TPSA) is 96.1 Å². The van der Waals surface area contributed by atoms with E-state index in [0.29, 0.717) is 12.1 Å². The molecule has 3 heterocycles. The SMILES string of the molecule is Cc1cc(CN2CCC(N=C3C(=O)N(C(C)(C)C)S(=O)(=O)C3c3ccccc3)CC2)no1. The van der Waals surface area contributed by atoms with Gasteiger partial charge < -0.3 is 4.52 Å². The van der Waals surface area contributed by atoms with Crippen LogP contribution in [0.2, 0.25) is 0 Å². The Morgan fingerprint density at radius 2 is 1.81 bits per heavy atom. The van der Waals surface area contributed by atoms with Gasteiger partial charge in [0.05, 0.1) is 17.3 Å². The van der Waals surface area contributed by atoms with Crippen molar-refractivity contribution in [2.45, 2.75) is 63.9 Å². The number of piperidine rings is 1. The number of carbonyl (C=O) groups is 1. The van der Waals surface area contributed by atoms with Gasteiger partial charge in [0.2, 0.25) is 0 Å². The van der Waals surface area contributed by atoms with Gasteiger partial charge in [-0.05, 0) is 46.1 Å². The molecule has 2 aliphatic rings. The highest BCUT2D eigenvalue weighted by atomic mass is 32.2. The Kier molecular flexibility index (Phi) is 5.98. The summed E-state index contributed by atoms with van der Waals surface area (Å²) in [4.78, 5) is 20.4. The molecule has 1 unspecified atom stereocenters. The number of hydrogen-bond acceptors (Lipinski definition) is 7. The molecular formula is C23H30N4O4S. The molecule has 2 fully saturated rings. The first kappa shape index (κ1) is 22.7. The summed E-state index contributed by atoms with van der Waals surface area (Å²) in [5.41, 5.74) is 0.746. The lowest BCUT2D eigenvalue weighted by Crippen LogP contribution is -2.45. The van der Waals surface area contributed by atoms with Crippen LogP contribution in [0.1, 0.15) is 55.9 Å². The van der Waals surface area contributed by atoms with E-state index in [9.17, 15) is 13.2 Å². The van der Waals surface area contributed by atoms with Crippen LogP contribution in [0.4, 0.5) is 0 Å². The van der Waals surface area contributed by atoms with Gasteiger partial charge in [-0.2, -0.15) is 0 Å². The summed E-state index contributed by atoms with van der Waals surface area (Å²) in [5.74, 6) is 0.282. The number of nitrogens with zero attached hydrogens (tertiary/aromatic N) is 4. The van der Waals surface area contributed by atoms with Crippen LogP contribution in [0.3, 0.4) is 0 Å². The zero-order valence-corrected chi connectivity index (χ0v) is 19.8. The van der Waals surface area contributed by atoms with Crippen molar-refractivity contribution < 1.29 is 17.7 Å². The van der Waals surface area contributed by atoms with E-state index in [4.69, 9.17) is 9.52 Å². The number of rotatable bonds is 4. The molecule has 2 aromatic rings. The highest BCUT2D eigenvalue weighted by molar-refractivity contribution is 7.91. The second-order valence-corrected chi connectivity index (χ2v) is 11.4. The van der Waals surface area contributed by atoms with Crippen LogP contribution < -0.4 is 0 Å². The summed E-state index contributed by atoms with van der Waals surface area (Å²) in [7, 11) is -3.91. The summed E-state index contributed by atoms with van der Waals surface area (Å²) in [6.07, 6.45) is 1.51. The molecular weight excluding hydrogens is 428 g/mol. The minimum Gasteiger partial charge on any atom is -0.361 e. The fourth-order valence-electron chi connectivity index (χ4n) is 4.47. The van der Waals surface area contributed by atoms with Gasteiger partial charge in [-0.15, -0.1) is 0 Å². The standard InChI is InChI=1S/C23H30N4O4S/c1-16-14-19(25-31-16)15-26-12-10-18(11-13-26)24-20-21(17-8-6-5-7-9-17)32(29,30)27(22(20)28)23(2,3)4/h5-9,14,18,21H,10-13,15H2,1-4H3. The number of benzene rings is 1. The molecule has 1 atom stereocenters. The van der Waals surface area contributed by atoms with Gasteiger partial charge in [0.15, 0.2) is 5.25 Å². The normalized spacial score (nSPS) is 23.9. The molecule has 0 radical (unpaired) electrons. The number of hydrogen-bond donors (Lipinski definition) is 0. The Bertz CT molecular complexity index is 1110. The van der Waals surface area contributed by atoms with E-state index in [2.05, 4.69) is 10.1 Å². The number of likely N-dealkylation sites (tertiary alicyclic amines) is 1. The zero-order valence-electron chi connectivity index (χ0n) is 19.0. The number of aliphatic imine (C=N–C) groups is 1. The summed E-state index contributed by atoms with van der Waals surface area (Å²) < 4.78 is 33.1. The van der Waals surface area contributed by atoms with Crippen LogP contribution in [0.5, 0.6) is 0 Å². The van der Waals surface area contributed by atoms with Crippen molar-refractivity contribution in [1.29, 1.82) is 0 Å². The first-order valence-electron chi connectivity index (χ1n) is 10.9. The highest BCUT2D eigenvalue weighted by Crippen LogP contribution is 2.39. The zero-order chi connectivity index (χ0) is 23.1. The predicted octanol–water partition coefficient (Wildman–Crippen LogP) is 3.10. The number of aryl methyl sites for hydroxylation is 1. The van der Waals surface area contributed by atoms with Crippen LogP contribution in [0, 0.1) is 6.92 Å². The molecule has 0 saturated carbocycles. The fraction of sp³-hybridized carbons (Fsp3) is 0.522. The Labute approximate surface area is 189 Å². The number of aromatic nitrogens is 1. The Hall–Kier alpha value is -2.52. The predicted molar refractivity (Wildman–Crippen MR) is 122 cm³/mol. The van der Waals surface area contributed by atoms with E-state index < -0.39 is 26.7 Å². The lowest BCUT2D eigenvalue weighted by molar-refractivity contribution is -0.122. The fourth-order valence-corrected chi connectivity index (χ4v) is 6.71. The van der Waals surface area contributed by atoms with Crippen LogP contribution in [-0.2, 0) is 21.4 Å². The third-order valence-corrected chi connectivity index (χ3v) is 8.17. The molecule has 9 heteroatoms. The number of amides is 1. The second-order valence-electron chi connectivity index (χ2n) is 9.53. The molecule has 0 N–H and O–H groups in total. The van der Waals surface area contributed by atoms with E-state index in [-0.39, 0.29) is 11.8 Å². The molecule has 1 amide bonds. The molecule has 4 rings (SSSR count). The van der Waals surface area contributed by atoms with E-state index in [1.54, 1.807) is 45.0 Å².